The van der Waals surface area contributed by atoms with E-state index in [1.807, 2.05) is 42.6 Å². The van der Waals surface area contributed by atoms with Crippen LogP contribution in [0.2, 0.25) is 0 Å². The van der Waals surface area contributed by atoms with E-state index in [1.165, 1.54) is 17.0 Å². The maximum absolute atomic E-state index is 14.7. The van der Waals surface area contributed by atoms with Crippen LogP contribution in [0.5, 0.6) is 5.75 Å². The van der Waals surface area contributed by atoms with Gasteiger partial charge < -0.3 is 10.1 Å². The van der Waals surface area contributed by atoms with Crippen LogP contribution in [0.3, 0.4) is 0 Å². The van der Waals surface area contributed by atoms with Gasteiger partial charge in [0, 0.05) is 29.7 Å². The highest BCUT2D eigenvalue weighted by Gasteiger charge is 2.43. The highest BCUT2D eigenvalue weighted by atomic mass is 31.1. The molecule has 4 aromatic carbocycles. The van der Waals surface area contributed by atoms with Gasteiger partial charge in [-0.15, -0.1) is 6.58 Å². The second-order valence-corrected chi connectivity index (χ2v) is 14.2. The van der Waals surface area contributed by atoms with Crippen molar-refractivity contribution in [2.24, 2.45) is 11.8 Å². The van der Waals surface area contributed by atoms with Gasteiger partial charge in [-0.05, 0) is 91.0 Å². The molecule has 8 rings (SSSR count). The van der Waals surface area contributed by atoms with Crippen LogP contribution in [0.25, 0.3) is 10.9 Å². The highest BCUT2D eigenvalue weighted by Crippen LogP contribution is 2.43. The number of nitrogens with zero attached hydrogens (tertiary/aromatic N) is 2. The predicted octanol–water partition coefficient (Wildman–Crippen LogP) is 6.37. The largest absolute Gasteiger partial charge is 0.497 e. The first-order valence-electron chi connectivity index (χ1n) is 15.7. The Morgan fingerprint density at radius 3 is 2.36 bits per heavy atom. The molecular weight excluding hydrogens is 573 g/mol. The van der Waals surface area contributed by atoms with Crippen LogP contribution in [0.1, 0.15) is 34.8 Å². The third-order valence-corrected chi connectivity index (χ3v) is 12.1. The molecule has 5 atom stereocenters. The van der Waals surface area contributed by atoms with Crippen LogP contribution < -0.4 is 26.0 Å². The zero-order chi connectivity index (χ0) is 30.8. The van der Waals surface area contributed by atoms with Gasteiger partial charge in [0.2, 0.25) is 0 Å². The van der Waals surface area contributed by atoms with Crippen LogP contribution in [0.4, 0.5) is 0 Å². The fourth-order valence-corrected chi connectivity index (χ4v) is 9.76. The fourth-order valence-electron chi connectivity index (χ4n) is 7.31. The minimum Gasteiger partial charge on any atom is -0.497 e. The zero-order valence-corrected chi connectivity index (χ0v) is 26.4. The molecule has 3 aliphatic rings. The summed E-state index contributed by atoms with van der Waals surface area (Å²) in [5, 5.41) is 8.10. The number of hydrogen-bond acceptors (Lipinski definition) is 4. The van der Waals surface area contributed by atoms with Gasteiger partial charge in [-0.3, -0.25) is 14.7 Å². The van der Waals surface area contributed by atoms with E-state index < -0.39 is 7.92 Å². The third-order valence-electron chi connectivity index (χ3n) is 9.56. The lowest BCUT2D eigenvalue weighted by Crippen LogP contribution is -2.57. The molecule has 1 N–H and O–H groups in total. The number of hydrogen-bond donors (Lipinski definition) is 1. The number of ether oxygens (including phenoxy) is 1. The van der Waals surface area contributed by atoms with Crippen molar-refractivity contribution in [1.29, 1.82) is 0 Å². The van der Waals surface area contributed by atoms with E-state index in [0.717, 1.165) is 52.6 Å². The molecule has 0 radical (unpaired) electrons. The standard InChI is InChI=1S/C39H38N3O2P/c1-3-27-26-42-23-21-28(27)24-36(42)38(32-20-22-40-35-19-18-29(44-2)25-34(32)35)41-39(43)33-16-10-11-17-37(33)45(30-12-6-4-7-13-30)31-14-8-5-9-15-31/h3-20,22,25,27-28,36,38H,1,21,23-24,26H2,2H3,(H,41,43)/t27-,28?,36-,38-/m0/s1. The monoisotopic (exact) mass is 611 g/mol. The van der Waals surface area contributed by atoms with Gasteiger partial charge in [0.15, 0.2) is 0 Å². The van der Waals surface area contributed by atoms with Crippen molar-refractivity contribution in [3.8, 4) is 5.75 Å². The Kier molecular flexibility index (Phi) is 8.47. The van der Waals surface area contributed by atoms with Gasteiger partial charge in [0.1, 0.15) is 5.75 Å². The van der Waals surface area contributed by atoms with Gasteiger partial charge in [0.05, 0.1) is 18.7 Å². The summed E-state index contributed by atoms with van der Waals surface area (Å²) in [6.45, 7) is 6.14. The van der Waals surface area contributed by atoms with Crippen molar-refractivity contribution in [2.45, 2.75) is 24.9 Å². The molecular formula is C39H38N3O2P. The Morgan fingerprint density at radius 2 is 1.69 bits per heavy atom. The Morgan fingerprint density at radius 1 is 0.978 bits per heavy atom. The molecule has 0 aliphatic carbocycles. The van der Waals surface area contributed by atoms with Gasteiger partial charge >= 0.3 is 0 Å². The fraction of sp³-hybridized carbons (Fsp3) is 0.231. The Labute approximate surface area is 266 Å². The number of pyridine rings is 1. The van der Waals surface area contributed by atoms with E-state index in [9.17, 15) is 4.79 Å². The maximum atomic E-state index is 14.7. The number of amides is 1. The molecule has 5 aromatic rings. The van der Waals surface area contributed by atoms with Crippen molar-refractivity contribution in [2.75, 3.05) is 20.2 Å². The average molecular weight is 612 g/mol. The van der Waals surface area contributed by atoms with Gasteiger partial charge in [-0.2, -0.15) is 0 Å². The van der Waals surface area contributed by atoms with Crippen LogP contribution in [0, 0.1) is 11.8 Å². The number of piperidine rings is 3. The summed E-state index contributed by atoms with van der Waals surface area (Å²) in [5.41, 5.74) is 2.69. The molecule has 3 fully saturated rings. The molecule has 3 saturated heterocycles. The third kappa shape index (κ3) is 5.79. The number of carbonyl (C=O) groups is 1. The molecule has 2 unspecified atom stereocenters. The smallest absolute Gasteiger partial charge is 0.252 e. The predicted molar refractivity (Wildman–Crippen MR) is 185 cm³/mol. The summed E-state index contributed by atoms with van der Waals surface area (Å²) in [6.07, 6.45) is 6.17. The first-order chi connectivity index (χ1) is 22.1. The summed E-state index contributed by atoms with van der Waals surface area (Å²) in [4.78, 5) is 21.9. The van der Waals surface area contributed by atoms with Crippen molar-refractivity contribution in [3.05, 3.63) is 139 Å². The lowest BCUT2D eigenvalue weighted by molar-refractivity contribution is 0.00171. The quantitative estimate of drug-likeness (QED) is 0.156. The molecule has 2 bridgehead atoms. The van der Waals surface area contributed by atoms with Crippen LogP contribution in [-0.4, -0.2) is 42.0 Å². The molecule has 5 nitrogen and oxygen atoms in total. The maximum Gasteiger partial charge on any atom is 0.252 e. The van der Waals surface area contributed by atoms with E-state index in [-0.39, 0.29) is 18.0 Å². The van der Waals surface area contributed by atoms with E-state index in [4.69, 9.17) is 4.74 Å². The van der Waals surface area contributed by atoms with Gasteiger partial charge in [-0.25, -0.2) is 0 Å². The Balaban J connectivity index is 1.32. The molecule has 1 aromatic heterocycles. The molecule has 1 amide bonds. The van der Waals surface area contributed by atoms with Crippen molar-refractivity contribution >= 4 is 40.6 Å². The van der Waals surface area contributed by atoms with E-state index >= 15 is 0 Å². The Bertz CT molecular complexity index is 1770. The molecule has 4 heterocycles. The van der Waals surface area contributed by atoms with E-state index in [0.29, 0.717) is 11.8 Å². The normalized spacial score (nSPS) is 21.4. The molecule has 3 aliphatic heterocycles. The van der Waals surface area contributed by atoms with E-state index in [1.54, 1.807) is 7.11 Å². The summed E-state index contributed by atoms with van der Waals surface area (Å²) in [5.74, 6) is 1.78. The SMILES string of the molecule is C=C[C@H]1CN2CCC1C[C@H]2[C@@H](NC(=O)c1ccccc1P(c1ccccc1)c1ccccc1)c1ccnc2ccc(OC)cc12. The van der Waals surface area contributed by atoms with Crippen molar-refractivity contribution in [3.63, 3.8) is 0 Å². The molecule has 226 valence electrons. The molecule has 45 heavy (non-hydrogen) atoms. The lowest BCUT2D eigenvalue weighted by Gasteiger charge is -2.51. The lowest BCUT2D eigenvalue weighted by atomic mass is 9.73. The number of methoxy groups -OCH3 is 1. The number of fused-ring (bicyclic) bond motifs is 4. The number of benzene rings is 4. The van der Waals surface area contributed by atoms with Crippen LogP contribution in [0.15, 0.2) is 128 Å². The summed E-state index contributed by atoms with van der Waals surface area (Å²) < 4.78 is 5.62. The second-order valence-electron chi connectivity index (χ2n) is 12.0. The number of aromatic nitrogens is 1. The minimum absolute atomic E-state index is 0.0502. The zero-order valence-electron chi connectivity index (χ0n) is 25.6. The highest BCUT2D eigenvalue weighted by molar-refractivity contribution is 7.80. The molecule has 0 saturated carbocycles. The first-order valence-corrected chi connectivity index (χ1v) is 17.1. The number of nitrogens with one attached hydrogen (secondary N) is 1. The Hall–Kier alpha value is -4.31. The first kappa shape index (κ1) is 29.4. The molecule has 0 spiro atoms. The topological polar surface area (TPSA) is 54.5 Å². The van der Waals surface area contributed by atoms with E-state index in [2.05, 4.69) is 101 Å². The minimum atomic E-state index is -0.950. The summed E-state index contributed by atoms with van der Waals surface area (Å²) >= 11 is 0. The summed E-state index contributed by atoms with van der Waals surface area (Å²) in [7, 11) is 0.737. The average Bonchev–Trinajstić information content (AvgIpc) is 3.11. The second kappa shape index (κ2) is 13.0. The van der Waals surface area contributed by atoms with Gasteiger partial charge in [0.25, 0.3) is 5.91 Å². The van der Waals surface area contributed by atoms with Crippen LogP contribution in [-0.2, 0) is 0 Å². The van der Waals surface area contributed by atoms with Crippen molar-refractivity contribution in [1.82, 2.24) is 15.2 Å². The van der Waals surface area contributed by atoms with Crippen LogP contribution >= 0.6 is 7.92 Å². The number of rotatable bonds is 9. The number of carbonyl (C=O) groups excluding carboxylic acids is 1. The van der Waals surface area contributed by atoms with Crippen molar-refractivity contribution < 1.29 is 9.53 Å². The summed E-state index contributed by atoms with van der Waals surface area (Å²) in [6, 6.07) is 37.3. The van der Waals surface area contributed by atoms with Gasteiger partial charge in [-0.1, -0.05) is 84.9 Å². The molecule has 6 heteroatoms.